The van der Waals surface area contributed by atoms with E-state index in [1.165, 1.54) is 12.2 Å². The molecule has 6 heteroatoms. The van der Waals surface area contributed by atoms with Gasteiger partial charge in [0.2, 0.25) is 10.9 Å². The Hall–Kier alpha value is -1.82. The van der Waals surface area contributed by atoms with Crippen molar-refractivity contribution in [1.29, 1.82) is 0 Å². The molecule has 0 aliphatic carbocycles. The number of hydrogen-bond donors (Lipinski definition) is 2. The lowest BCUT2D eigenvalue weighted by Gasteiger charge is -2.32. The van der Waals surface area contributed by atoms with E-state index >= 15 is 0 Å². The average Bonchev–Trinajstić information content (AvgIpc) is 2.29. The molecule has 0 amide bonds. The fraction of sp³-hybridized carbons (Fsp3) is 0.250. The summed E-state index contributed by atoms with van der Waals surface area (Å²) in [5, 5.41) is 9.09. The molecule has 1 heterocycles. The van der Waals surface area contributed by atoms with Crippen LogP contribution in [0, 0.1) is 0 Å². The van der Waals surface area contributed by atoms with E-state index in [2.05, 4.69) is 6.58 Å². The smallest absolute Gasteiger partial charge is 0.333 e. The van der Waals surface area contributed by atoms with Crippen LogP contribution in [0.3, 0.4) is 0 Å². The molecule has 0 unspecified atom stereocenters. The third-order valence-electron chi connectivity index (χ3n) is 2.66. The molecule has 98 valence electrons. The van der Waals surface area contributed by atoms with Crippen molar-refractivity contribution in [2.45, 2.75) is 19.9 Å². The predicted molar refractivity (Wildman–Crippen MR) is 69.4 cm³/mol. The zero-order valence-electron chi connectivity index (χ0n) is 10.2. The number of hydrogen-bond acceptors (Lipinski definition) is 3. The number of carbonyl (C=O) groups is 1. The molecule has 1 aliphatic rings. The molecule has 0 aromatic rings. The molecule has 5 nitrogen and oxygen atoms in total. The first kappa shape index (κ1) is 14.2. The molecule has 0 aromatic carbocycles. The van der Waals surface area contributed by atoms with Crippen LogP contribution in [0.25, 0.3) is 0 Å². The number of carboxylic acid groups (broad SMARTS) is 1. The lowest BCUT2D eigenvalue weighted by molar-refractivity contribution is -0.133. The van der Waals surface area contributed by atoms with E-state index in [0.717, 1.165) is 4.31 Å². The summed E-state index contributed by atoms with van der Waals surface area (Å²) in [5.41, 5.74) is 1.01. The van der Waals surface area contributed by atoms with Gasteiger partial charge in [0, 0.05) is 0 Å². The highest BCUT2D eigenvalue weighted by molar-refractivity contribution is 7.70. The van der Waals surface area contributed by atoms with Crippen molar-refractivity contribution in [1.82, 2.24) is 4.31 Å². The van der Waals surface area contributed by atoms with E-state index < -0.39 is 22.9 Å². The Morgan fingerprint density at radius 1 is 1.56 bits per heavy atom. The van der Waals surface area contributed by atoms with Gasteiger partial charge in [0.25, 0.3) is 0 Å². The number of nitrogens with zero attached hydrogens (tertiary/aromatic N) is 1. The maximum atomic E-state index is 11.3. The fourth-order valence-corrected chi connectivity index (χ4v) is 2.68. The van der Waals surface area contributed by atoms with Crippen molar-refractivity contribution >= 4 is 16.9 Å². The minimum atomic E-state index is -2.91. The Bertz CT molecular complexity index is 532. The normalized spacial score (nSPS) is 24.5. The number of carboxylic acids is 1. The first-order valence-electron chi connectivity index (χ1n) is 5.31. The third kappa shape index (κ3) is 2.53. The van der Waals surface area contributed by atoms with Gasteiger partial charge in [-0.1, -0.05) is 24.8 Å². The summed E-state index contributed by atoms with van der Waals surface area (Å²) in [6, 6.07) is -0.725. The van der Waals surface area contributed by atoms with Crippen LogP contribution < -0.4 is 0 Å². The van der Waals surface area contributed by atoms with Gasteiger partial charge in [-0.25, -0.2) is 13.2 Å². The van der Waals surface area contributed by atoms with Crippen LogP contribution in [0.4, 0.5) is 0 Å². The summed E-state index contributed by atoms with van der Waals surface area (Å²) in [7, 11) is -2.91. The molecule has 0 saturated carbocycles. The molecule has 0 radical (unpaired) electrons. The minimum absolute atomic E-state index is 0.0351. The maximum absolute atomic E-state index is 11.3. The molecule has 0 spiro atoms. The Labute approximate surface area is 107 Å². The van der Waals surface area contributed by atoms with Crippen molar-refractivity contribution in [3.05, 3.63) is 47.7 Å². The second-order valence-electron chi connectivity index (χ2n) is 3.69. The Morgan fingerprint density at radius 2 is 2.17 bits per heavy atom. The van der Waals surface area contributed by atoms with Crippen molar-refractivity contribution in [2.75, 3.05) is 0 Å². The van der Waals surface area contributed by atoms with Crippen LogP contribution in [0.5, 0.6) is 0 Å². The van der Waals surface area contributed by atoms with Gasteiger partial charge < -0.3 is 5.11 Å². The van der Waals surface area contributed by atoms with Crippen molar-refractivity contribution in [3.63, 3.8) is 0 Å². The molecule has 0 saturated heterocycles. The van der Waals surface area contributed by atoms with E-state index in [9.17, 15) is 13.2 Å². The molecule has 1 N–H and O–H groups in total. The Balaban J connectivity index is 3.51. The highest BCUT2D eigenvalue weighted by atomic mass is 32.2. The predicted octanol–water partition coefficient (Wildman–Crippen LogP) is 1.24. The molecular formula is C12H15NO4S. The summed E-state index contributed by atoms with van der Waals surface area (Å²) in [5.74, 6) is -1.13. The summed E-state index contributed by atoms with van der Waals surface area (Å²) in [6.07, 6.45) is 6.17. The molecule has 0 fully saturated rings. The van der Waals surface area contributed by atoms with E-state index in [1.54, 1.807) is 26.0 Å². The molecule has 18 heavy (non-hydrogen) atoms. The minimum Gasteiger partial charge on any atom is -0.478 e. The molecule has 0 bridgehead atoms. The van der Waals surface area contributed by atoms with Gasteiger partial charge in [-0.15, -0.1) is 0 Å². The highest BCUT2D eigenvalue weighted by Crippen LogP contribution is 2.30. The molecular weight excluding hydrogens is 254 g/mol. The second-order valence-corrected chi connectivity index (χ2v) is 4.60. The molecule has 1 atom stereocenters. The van der Waals surface area contributed by atoms with Crippen LogP contribution in [0.2, 0.25) is 0 Å². The van der Waals surface area contributed by atoms with Crippen LogP contribution >= 0.6 is 0 Å². The Kier molecular flexibility index (Phi) is 4.49. The number of rotatable bonds is 3. The fourth-order valence-electron chi connectivity index (χ4n) is 1.86. The van der Waals surface area contributed by atoms with Crippen LogP contribution in [0.1, 0.15) is 13.8 Å². The van der Waals surface area contributed by atoms with Crippen LogP contribution in [-0.2, 0) is 15.7 Å². The Morgan fingerprint density at radius 3 is 2.56 bits per heavy atom. The third-order valence-corrected chi connectivity index (χ3v) is 3.58. The van der Waals surface area contributed by atoms with Crippen LogP contribution in [-0.4, -0.2) is 29.8 Å². The standard InChI is InChI=1S/C12H15NO4S/c1-4-6-9-7-10(12(14)15)8(3)13(18(16)17)11(9)5-2/h4-8,18H,1H2,2-3H3,(H,14,15)/b9-6-,11-5+/t8-/m1/s1. The quantitative estimate of drug-likeness (QED) is 0.756. The zero-order chi connectivity index (χ0) is 13.9. The summed E-state index contributed by atoms with van der Waals surface area (Å²) in [6.45, 7) is 6.77. The van der Waals surface area contributed by atoms with Gasteiger partial charge >= 0.3 is 5.97 Å². The van der Waals surface area contributed by atoms with Gasteiger partial charge in [0.1, 0.15) is 0 Å². The van der Waals surface area contributed by atoms with Gasteiger partial charge in [0.05, 0.1) is 17.3 Å². The monoisotopic (exact) mass is 269 g/mol. The maximum Gasteiger partial charge on any atom is 0.333 e. The lowest BCUT2D eigenvalue weighted by atomic mass is 9.97. The number of aliphatic carboxylic acids is 1. The van der Waals surface area contributed by atoms with Crippen molar-refractivity contribution in [2.24, 2.45) is 0 Å². The van der Waals surface area contributed by atoms with Crippen molar-refractivity contribution in [3.8, 4) is 0 Å². The molecule has 1 aliphatic heterocycles. The molecule has 0 aromatic heterocycles. The van der Waals surface area contributed by atoms with E-state index in [1.807, 2.05) is 0 Å². The van der Waals surface area contributed by atoms with E-state index in [0.29, 0.717) is 11.3 Å². The topological polar surface area (TPSA) is 74.7 Å². The van der Waals surface area contributed by atoms with Gasteiger partial charge in [-0.2, -0.15) is 0 Å². The van der Waals surface area contributed by atoms with E-state index in [4.69, 9.17) is 5.11 Å². The number of thiol groups is 1. The second kappa shape index (κ2) is 5.68. The molecule has 1 rings (SSSR count). The first-order valence-corrected chi connectivity index (χ1v) is 6.44. The summed E-state index contributed by atoms with van der Waals surface area (Å²) in [4.78, 5) is 11.1. The average molecular weight is 269 g/mol. The summed E-state index contributed by atoms with van der Waals surface area (Å²) >= 11 is 0. The van der Waals surface area contributed by atoms with Gasteiger partial charge in [-0.3, -0.25) is 4.31 Å². The van der Waals surface area contributed by atoms with Gasteiger partial charge in [0.15, 0.2) is 0 Å². The highest BCUT2D eigenvalue weighted by Gasteiger charge is 2.31. The van der Waals surface area contributed by atoms with E-state index in [-0.39, 0.29) is 5.57 Å². The number of allylic oxidation sites excluding steroid dienone is 4. The zero-order valence-corrected chi connectivity index (χ0v) is 11.1. The first-order chi connectivity index (χ1) is 8.43. The summed E-state index contributed by atoms with van der Waals surface area (Å²) < 4.78 is 23.7. The largest absolute Gasteiger partial charge is 0.478 e. The SMILES string of the molecule is C=C/C=C1/C=C(C(=O)O)[C@@H](C)N([SH](=O)=O)/C1=C/C. The van der Waals surface area contributed by atoms with Crippen molar-refractivity contribution < 1.29 is 18.3 Å². The lowest BCUT2D eigenvalue weighted by Crippen LogP contribution is -2.38. The van der Waals surface area contributed by atoms with Crippen LogP contribution in [0.15, 0.2) is 47.7 Å². The van der Waals surface area contributed by atoms with Gasteiger partial charge in [-0.05, 0) is 25.5 Å².